The van der Waals surface area contributed by atoms with Crippen molar-refractivity contribution in [2.24, 2.45) is 0 Å². The molecule has 0 bridgehead atoms. The van der Waals surface area contributed by atoms with Crippen LogP contribution in [0.4, 0.5) is 29.5 Å². The smallest absolute Gasteiger partial charge is 0.360 e. The standard InChI is InChI=1S/C12H10F3N3O2/c1-7-6-10(18-20-7)17-11(19)16-9-5-3-2-4-8(9)12(13,14)15/h2-6H,1H3,(H2,16,17,18,19). The molecule has 1 aromatic carbocycles. The SMILES string of the molecule is Cc1cc(NC(=O)Nc2ccccc2C(F)(F)F)no1. The lowest BCUT2D eigenvalue weighted by Crippen LogP contribution is -2.21. The molecule has 1 aromatic heterocycles. The number of amides is 2. The van der Waals surface area contributed by atoms with Crippen LogP contribution in [0.1, 0.15) is 11.3 Å². The van der Waals surface area contributed by atoms with E-state index in [0.29, 0.717) is 5.76 Å². The van der Waals surface area contributed by atoms with Crippen LogP contribution in [0.15, 0.2) is 34.9 Å². The first-order valence-electron chi connectivity index (χ1n) is 5.54. The van der Waals surface area contributed by atoms with E-state index in [4.69, 9.17) is 4.52 Å². The molecular weight excluding hydrogens is 275 g/mol. The Balaban J connectivity index is 2.12. The molecule has 0 saturated heterocycles. The number of benzene rings is 1. The lowest BCUT2D eigenvalue weighted by molar-refractivity contribution is -0.136. The summed E-state index contributed by atoms with van der Waals surface area (Å²) >= 11 is 0. The number of hydrogen-bond acceptors (Lipinski definition) is 3. The predicted octanol–water partition coefficient (Wildman–Crippen LogP) is 3.65. The number of rotatable bonds is 2. The molecule has 0 aliphatic heterocycles. The average Bonchev–Trinajstić information content (AvgIpc) is 2.73. The molecule has 0 unspecified atom stereocenters. The van der Waals surface area contributed by atoms with Crippen molar-refractivity contribution in [3.05, 3.63) is 41.7 Å². The molecule has 20 heavy (non-hydrogen) atoms. The zero-order chi connectivity index (χ0) is 14.8. The molecule has 0 aliphatic rings. The lowest BCUT2D eigenvalue weighted by atomic mass is 10.1. The minimum absolute atomic E-state index is 0.115. The van der Waals surface area contributed by atoms with Gasteiger partial charge in [0.05, 0.1) is 11.3 Å². The third-order valence-electron chi connectivity index (χ3n) is 2.35. The fourth-order valence-corrected chi connectivity index (χ4v) is 1.53. The van der Waals surface area contributed by atoms with Crippen LogP contribution < -0.4 is 10.6 Å². The van der Waals surface area contributed by atoms with Gasteiger partial charge in [-0.1, -0.05) is 17.3 Å². The highest BCUT2D eigenvalue weighted by Gasteiger charge is 2.33. The lowest BCUT2D eigenvalue weighted by Gasteiger charge is -2.13. The Morgan fingerprint density at radius 3 is 2.55 bits per heavy atom. The van der Waals surface area contributed by atoms with Crippen LogP contribution >= 0.6 is 0 Å². The molecule has 0 atom stereocenters. The summed E-state index contributed by atoms with van der Waals surface area (Å²) in [6.45, 7) is 1.62. The van der Waals surface area contributed by atoms with Gasteiger partial charge in [-0.25, -0.2) is 4.79 Å². The molecule has 0 radical (unpaired) electrons. The van der Waals surface area contributed by atoms with Gasteiger partial charge in [-0.05, 0) is 19.1 Å². The highest BCUT2D eigenvalue weighted by molar-refractivity contribution is 5.99. The minimum atomic E-state index is -4.55. The van der Waals surface area contributed by atoms with Gasteiger partial charge in [0, 0.05) is 6.07 Å². The van der Waals surface area contributed by atoms with Crippen molar-refractivity contribution in [2.45, 2.75) is 13.1 Å². The number of carbonyl (C=O) groups excluding carboxylic acids is 1. The first kappa shape index (κ1) is 13.9. The van der Waals surface area contributed by atoms with Crippen LogP contribution in [0, 0.1) is 6.92 Å². The van der Waals surface area contributed by atoms with Gasteiger partial charge in [-0.2, -0.15) is 13.2 Å². The Bertz CT molecular complexity index is 622. The molecule has 8 heteroatoms. The Kier molecular flexibility index (Phi) is 3.64. The van der Waals surface area contributed by atoms with Gasteiger partial charge in [0.2, 0.25) is 0 Å². The maximum absolute atomic E-state index is 12.7. The monoisotopic (exact) mass is 285 g/mol. The normalized spacial score (nSPS) is 11.2. The maximum atomic E-state index is 12.7. The molecule has 106 valence electrons. The summed E-state index contributed by atoms with van der Waals surface area (Å²) in [6, 6.07) is 5.29. The summed E-state index contributed by atoms with van der Waals surface area (Å²) in [6.07, 6.45) is -4.55. The summed E-state index contributed by atoms with van der Waals surface area (Å²) in [5.41, 5.74) is -1.26. The first-order chi connectivity index (χ1) is 9.36. The summed E-state index contributed by atoms with van der Waals surface area (Å²) in [7, 11) is 0. The number of carbonyl (C=O) groups is 1. The largest absolute Gasteiger partial charge is 0.418 e. The zero-order valence-electron chi connectivity index (χ0n) is 10.3. The van der Waals surface area contributed by atoms with Gasteiger partial charge < -0.3 is 9.84 Å². The topological polar surface area (TPSA) is 67.2 Å². The molecule has 0 saturated carbocycles. The van der Waals surface area contributed by atoms with E-state index in [9.17, 15) is 18.0 Å². The second kappa shape index (κ2) is 5.24. The van der Waals surface area contributed by atoms with Crippen LogP contribution in [0.25, 0.3) is 0 Å². The van der Waals surface area contributed by atoms with Crippen LogP contribution in [0.3, 0.4) is 0 Å². The molecule has 0 fully saturated rings. The zero-order valence-corrected chi connectivity index (χ0v) is 10.3. The van der Waals surface area contributed by atoms with E-state index in [0.717, 1.165) is 12.1 Å². The number of nitrogens with one attached hydrogen (secondary N) is 2. The number of aryl methyl sites for hydroxylation is 1. The fourth-order valence-electron chi connectivity index (χ4n) is 1.53. The number of alkyl halides is 3. The van der Waals surface area contributed by atoms with Crippen LogP contribution in [-0.4, -0.2) is 11.2 Å². The second-order valence-corrected chi connectivity index (χ2v) is 3.95. The van der Waals surface area contributed by atoms with Crippen LogP contribution in [-0.2, 0) is 6.18 Å². The highest BCUT2D eigenvalue weighted by atomic mass is 19.4. The highest BCUT2D eigenvalue weighted by Crippen LogP contribution is 2.34. The van der Waals surface area contributed by atoms with E-state index in [-0.39, 0.29) is 11.5 Å². The molecule has 2 N–H and O–H groups in total. The van der Waals surface area contributed by atoms with Crippen molar-refractivity contribution in [1.29, 1.82) is 0 Å². The Labute approximate surface area is 111 Å². The fraction of sp³-hybridized carbons (Fsp3) is 0.167. The minimum Gasteiger partial charge on any atom is -0.360 e. The third-order valence-corrected chi connectivity index (χ3v) is 2.35. The number of anilines is 2. The van der Waals surface area contributed by atoms with E-state index in [1.807, 2.05) is 0 Å². The average molecular weight is 285 g/mol. The van der Waals surface area contributed by atoms with Crippen LogP contribution in [0.5, 0.6) is 0 Å². The summed E-state index contributed by atoms with van der Waals surface area (Å²) in [5, 5.41) is 7.89. The first-order valence-corrected chi connectivity index (χ1v) is 5.54. The van der Waals surface area contributed by atoms with Crippen molar-refractivity contribution in [1.82, 2.24) is 5.16 Å². The molecule has 2 amide bonds. The summed E-state index contributed by atoms with van der Waals surface area (Å²) < 4.78 is 42.9. The molecule has 0 spiro atoms. The molecule has 2 rings (SSSR count). The Morgan fingerprint density at radius 1 is 1.25 bits per heavy atom. The predicted molar refractivity (Wildman–Crippen MR) is 65.3 cm³/mol. The quantitative estimate of drug-likeness (QED) is 0.885. The van der Waals surface area contributed by atoms with E-state index < -0.39 is 17.8 Å². The maximum Gasteiger partial charge on any atom is 0.418 e. The molecule has 5 nitrogen and oxygen atoms in total. The van der Waals surface area contributed by atoms with Gasteiger partial charge in [0.1, 0.15) is 5.76 Å². The van der Waals surface area contributed by atoms with Gasteiger partial charge in [-0.3, -0.25) is 5.32 Å². The molecular formula is C12H10F3N3O2. The number of halogens is 3. The summed E-state index contributed by atoms with van der Waals surface area (Å²) in [4.78, 5) is 11.6. The van der Waals surface area contributed by atoms with Gasteiger partial charge >= 0.3 is 12.2 Å². The van der Waals surface area contributed by atoms with E-state index in [2.05, 4.69) is 15.8 Å². The van der Waals surface area contributed by atoms with Gasteiger partial charge in [0.25, 0.3) is 0 Å². The Morgan fingerprint density at radius 2 is 1.95 bits per heavy atom. The second-order valence-electron chi connectivity index (χ2n) is 3.95. The van der Waals surface area contributed by atoms with Crippen molar-refractivity contribution in [3.8, 4) is 0 Å². The van der Waals surface area contributed by atoms with E-state index in [1.54, 1.807) is 6.92 Å². The van der Waals surface area contributed by atoms with E-state index in [1.165, 1.54) is 18.2 Å². The van der Waals surface area contributed by atoms with Crippen molar-refractivity contribution in [3.63, 3.8) is 0 Å². The van der Waals surface area contributed by atoms with Crippen molar-refractivity contribution < 1.29 is 22.5 Å². The van der Waals surface area contributed by atoms with Gasteiger partial charge in [-0.15, -0.1) is 0 Å². The molecule has 1 heterocycles. The number of para-hydroxylation sites is 1. The molecule has 2 aromatic rings. The number of hydrogen-bond donors (Lipinski definition) is 2. The Hall–Kier alpha value is -2.51. The summed E-state index contributed by atoms with van der Waals surface area (Å²) in [5.74, 6) is 0.584. The number of nitrogens with zero attached hydrogens (tertiary/aromatic N) is 1. The van der Waals surface area contributed by atoms with E-state index >= 15 is 0 Å². The third kappa shape index (κ3) is 3.28. The van der Waals surface area contributed by atoms with Crippen molar-refractivity contribution >= 4 is 17.5 Å². The number of urea groups is 1. The number of aromatic nitrogens is 1. The van der Waals surface area contributed by atoms with Crippen molar-refractivity contribution in [2.75, 3.05) is 10.6 Å². The van der Waals surface area contributed by atoms with Crippen LogP contribution in [0.2, 0.25) is 0 Å². The molecule has 0 aliphatic carbocycles. The van der Waals surface area contributed by atoms with Gasteiger partial charge in [0.15, 0.2) is 5.82 Å².